The molecule has 0 atom stereocenters. The highest BCUT2D eigenvalue weighted by Gasteiger charge is 2.38. The predicted molar refractivity (Wildman–Crippen MR) is 156 cm³/mol. The summed E-state index contributed by atoms with van der Waals surface area (Å²) in [7, 11) is 0. The Morgan fingerprint density at radius 1 is 0.550 bits per heavy atom. The summed E-state index contributed by atoms with van der Waals surface area (Å²) in [6.07, 6.45) is 8.62. The number of nitrogens with two attached hydrogens (primary N) is 2. The number of aryl methyl sites for hydroxylation is 1. The lowest BCUT2D eigenvalue weighted by Gasteiger charge is -2.35. The summed E-state index contributed by atoms with van der Waals surface area (Å²) >= 11 is 0. The number of hydrogen-bond acceptors (Lipinski definition) is 7. The molecule has 0 spiro atoms. The van der Waals surface area contributed by atoms with Gasteiger partial charge < -0.3 is 16.6 Å². The van der Waals surface area contributed by atoms with E-state index >= 15 is 0 Å². The number of benzene rings is 1. The third-order valence-electron chi connectivity index (χ3n) is 7.22. The quantitative estimate of drug-likeness (QED) is 0.242. The Bertz CT molecular complexity index is 1330. The van der Waals surface area contributed by atoms with Crippen LogP contribution in [0.3, 0.4) is 0 Å². The number of aromatic hydroxyl groups is 1. The van der Waals surface area contributed by atoms with Gasteiger partial charge in [0.2, 0.25) is 0 Å². The zero-order chi connectivity index (χ0) is 28.0. The smallest absolute Gasteiger partial charge is 0.125 e. The molecule has 5 rings (SSSR count). The summed E-state index contributed by atoms with van der Waals surface area (Å²) in [4.78, 5) is 18.2. The van der Waals surface area contributed by atoms with Gasteiger partial charge in [-0.3, -0.25) is 19.9 Å². The van der Waals surface area contributed by atoms with Crippen molar-refractivity contribution in [3.8, 4) is 5.75 Å². The highest BCUT2D eigenvalue weighted by atomic mass is 16.3. The van der Waals surface area contributed by atoms with Crippen LogP contribution in [-0.2, 0) is 36.8 Å². The molecule has 4 aromatic heterocycles. The van der Waals surface area contributed by atoms with Crippen LogP contribution in [0.2, 0.25) is 0 Å². The van der Waals surface area contributed by atoms with E-state index in [9.17, 15) is 5.11 Å². The van der Waals surface area contributed by atoms with E-state index in [2.05, 4.69) is 19.9 Å². The molecule has 5 aromatic rings. The maximum atomic E-state index is 12.1. The highest BCUT2D eigenvalue weighted by molar-refractivity contribution is 5.52. The second-order valence-electron chi connectivity index (χ2n) is 10.5. The van der Waals surface area contributed by atoms with Crippen LogP contribution in [0, 0.1) is 6.92 Å². The molecule has 0 saturated carbocycles. The van der Waals surface area contributed by atoms with Gasteiger partial charge in [-0.15, -0.1) is 0 Å². The van der Waals surface area contributed by atoms with Crippen LogP contribution in [0.5, 0.6) is 5.75 Å². The first-order valence-electron chi connectivity index (χ1n) is 13.4. The first-order chi connectivity index (χ1) is 19.3. The van der Waals surface area contributed by atoms with E-state index in [1.54, 1.807) is 24.8 Å². The molecule has 1 aromatic carbocycles. The van der Waals surface area contributed by atoms with Crippen LogP contribution >= 0.6 is 0 Å². The van der Waals surface area contributed by atoms with E-state index in [0.29, 0.717) is 36.8 Å². The lowest BCUT2D eigenvalue weighted by molar-refractivity contribution is 0.362. The molecule has 5 N–H and O–H groups in total. The van der Waals surface area contributed by atoms with Crippen molar-refractivity contribution in [2.24, 2.45) is 11.5 Å². The number of hydrogen-bond donors (Lipinski definition) is 3. The Morgan fingerprint density at radius 2 is 0.850 bits per heavy atom. The maximum absolute atomic E-state index is 12.1. The lowest BCUT2D eigenvalue weighted by atomic mass is 9.75. The van der Waals surface area contributed by atoms with Gasteiger partial charge in [0, 0.05) is 84.4 Å². The lowest BCUT2D eigenvalue weighted by Crippen LogP contribution is -2.44. The number of phenols is 1. The molecule has 0 saturated heterocycles. The fourth-order valence-corrected chi connectivity index (χ4v) is 5.35. The molecule has 0 fully saturated rings. The molecule has 7 heteroatoms. The molecular formula is C33H34N6O. The molecule has 0 aliphatic heterocycles. The zero-order valence-corrected chi connectivity index (χ0v) is 22.6. The predicted octanol–water partition coefficient (Wildman–Crippen LogP) is 4.56. The average Bonchev–Trinajstić information content (AvgIpc) is 2.96. The average molecular weight is 531 g/mol. The summed E-state index contributed by atoms with van der Waals surface area (Å²) in [5.74, 6) is 0.0781. The van der Waals surface area contributed by atoms with Crippen LogP contribution < -0.4 is 11.5 Å². The van der Waals surface area contributed by atoms with E-state index in [-0.39, 0.29) is 5.75 Å². The third-order valence-corrected chi connectivity index (χ3v) is 7.22. The summed E-state index contributed by atoms with van der Waals surface area (Å²) in [5, 5.41) is 12.1. The summed E-state index contributed by atoms with van der Waals surface area (Å²) in [6.45, 7) is 2.00. The van der Waals surface area contributed by atoms with Gasteiger partial charge in [-0.2, -0.15) is 0 Å². The topological polar surface area (TPSA) is 124 Å². The molecule has 7 nitrogen and oxygen atoms in total. The monoisotopic (exact) mass is 530 g/mol. The van der Waals surface area contributed by atoms with Crippen LogP contribution in [0.25, 0.3) is 0 Å². The molecule has 0 bridgehead atoms. The standard InChI is InChI=1S/C33H34N6O/c1-24-18-29(32(34,20-25-10-2-6-14-36-25)21-26-11-3-7-15-37-26)31(40)30(19-24)33(35,22-27-12-4-8-16-38-27)23-28-13-5-9-17-39-28/h2-19,40H,20-23,34-35H2,1H3. The van der Waals surface area contributed by atoms with Crippen LogP contribution in [-0.4, -0.2) is 25.0 Å². The molecule has 0 amide bonds. The molecular weight excluding hydrogens is 496 g/mol. The van der Waals surface area contributed by atoms with E-state index in [0.717, 1.165) is 28.3 Å². The number of nitrogens with zero attached hydrogens (tertiary/aromatic N) is 4. The van der Waals surface area contributed by atoms with E-state index in [1.807, 2.05) is 91.9 Å². The first-order valence-corrected chi connectivity index (χ1v) is 13.4. The van der Waals surface area contributed by atoms with Crippen molar-refractivity contribution >= 4 is 0 Å². The van der Waals surface area contributed by atoms with Crippen molar-refractivity contribution in [2.45, 2.75) is 43.7 Å². The number of aromatic nitrogens is 4. The Labute approximate surface area is 235 Å². The molecule has 40 heavy (non-hydrogen) atoms. The minimum Gasteiger partial charge on any atom is -0.507 e. The molecule has 0 unspecified atom stereocenters. The summed E-state index contributed by atoms with van der Waals surface area (Å²) in [6, 6.07) is 27.0. The van der Waals surface area contributed by atoms with Gasteiger partial charge in [0.15, 0.2) is 0 Å². The van der Waals surface area contributed by atoms with Crippen molar-refractivity contribution in [2.75, 3.05) is 0 Å². The third kappa shape index (κ3) is 6.22. The van der Waals surface area contributed by atoms with Gasteiger partial charge in [-0.05, 0) is 55.5 Å². The molecule has 0 aliphatic rings. The maximum Gasteiger partial charge on any atom is 0.125 e. The Hall–Kier alpha value is -4.46. The number of pyridine rings is 4. The molecule has 202 valence electrons. The van der Waals surface area contributed by atoms with Gasteiger partial charge >= 0.3 is 0 Å². The first kappa shape index (κ1) is 27.1. The molecule has 0 aliphatic carbocycles. The molecule has 0 radical (unpaired) electrons. The van der Waals surface area contributed by atoms with Crippen molar-refractivity contribution in [3.05, 3.63) is 149 Å². The largest absolute Gasteiger partial charge is 0.507 e. The van der Waals surface area contributed by atoms with E-state index in [1.165, 1.54) is 0 Å². The Morgan fingerprint density at radius 3 is 1.10 bits per heavy atom. The van der Waals surface area contributed by atoms with Crippen LogP contribution in [0.1, 0.15) is 39.5 Å². The minimum atomic E-state index is -1.01. The Kier molecular flexibility index (Phi) is 7.96. The SMILES string of the molecule is Cc1cc(C(N)(Cc2ccccn2)Cc2ccccn2)c(O)c(C(N)(Cc2ccccn2)Cc2ccccn2)c1. The van der Waals surface area contributed by atoms with Crippen LogP contribution in [0.15, 0.2) is 110 Å². The van der Waals surface area contributed by atoms with Crippen molar-refractivity contribution < 1.29 is 5.11 Å². The fourth-order valence-electron chi connectivity index (χ4n) is 5.35. The molecule has 4 heterocycles. The number of rotatable bonds is 10. The van der Waals surface area contributed by atoms with E-state index < -0.39 is 11.1 Å². The van der Waals surface area contributed by atoms with Crippen LogP contribution in [0.4, 0.5) is 0 Å². The van der Waals surface area contributed by atoms with Gasteiger partial charge in [0.25, 0.3) is 0 Å². The Balaban J connectivity index is 1.65. The fraction of sp³-hybridized carbons (Fsp3) is 0.212. The highest BCUT2D eigenvalue weighted by Crippen LogP contribution is 2.41. The van der Waals surface area contributed by atoms with Gasteiger partial charge in [-0.25, -0.2) is 0 Å². The van der Waals surface area contributed by atoms with Crippen molar-refractivity contribution in [1.82, 2.24) is 19.9 Å². The van der Waals surface area contributed by atoms with Gasteiger partial charge in [0.1, 0.15) is 5.75 Å². The second-order valence-corrected chi connectivity index (χ2v) is 10.5. The van der Waals surface area contributed by atoms with Crippen molar-refractivity contribution in [1.29, 1.82) is 0 Å². The number of phenolic OH excluding ortho intramolecular Hbond substituents is 1. The van der Waals surface area contributed by atoms with E-state index in [4.69, 9.17) is 11.5 Å². The second kappa shape index (κ2) is 11.7. The van der Waals surface area contributed by atoms with Gasteiger partial charge in [0.05, 0.1) is 11.1 Å². The minimum absolute atomic E-state index is 0.0781. The summed E-state index contributed by atoms with van der Waals surface area (Å²) < 4.78 is 0. The van der Waals surface area contributed by atoms with Crippen molar-refractivity contribution in [3.63, 3.8) is 0 Å². The summed E-state index contributed by atoms with van der Waals surface area (Å²) in [5.41, 5.74) is 18.0. The zero-order valence-electron chi connectivity index (χ0n) is 22.6. The van der Waals surface area contributed by atoms with Gasteiger partial charge in [-0.1, -0.05) is 42.0 Å². The normalized spacial score (nSPS) is 11.9.